The average molecular weight is 344 g/mol. The van der Waals surface area contributed by atoms with Crippen molar-refractivity contribution in [1.82, 2.24) is 25.3 Å². The lowest BCUT2D eigenvalue weighted by Crippen LogP contribution is -2.11. The van der Waals surface area contributed by atoms with Crippen LogP contribution in [0.2, 0.25) is 5.02 Å². The molecule has 1 N–H and O–H groups in total. The summed E-state index contributed by atoms with van der Waals surface area (Å²) in [5.41, 5.74) is 1.68. The molecule has 3 heterocycles. The van der Waals surface area contributed by atoms with Crippen LogP contribution in [0, 0.1) is 0 Å². The number of oxazole rings is 1. The number of nitrogens with zero attached hydrogens (tertiary/aromatic N) is 4. The molecule has 0 radical (unpaired) electrons. The molecule has 24 heavy (non-hydrogen) atoms. The fraction of sp³-hybridized carbons (Fsp3) is 0.250. The van der Waals surface area contributed by atoms with Gasteiger partial charge in [0, 0.05) is 10.8 Å². The number of hydrogen-bond acceptors (Lipinski definition) is 6. The molecule has 0 aliphatic carbocycles. The highest BCUT2D eigenvalue weighted by Crippen LogP contribution is 2.34. The molecule has 0 bridgehead atoms. The van der Waals surface area contributed by atoms with Crippen LogP contribution < -0.4 is 0 Å². The Bertz CT molecular complexity index is 1020. The van der Waals surface area contributed by atoms with E-state index in [2.05, 4.69) is 25.3 Å². The molecule has 0 fully saturated rings. The van der Waals surface area contributed by atoms with Gasteiger partial charge in [0.15, 0.2) is 11.6 Å². The lowest BCUT2D eigenvalue weighted by Gasteiger charge is -2.11. The summed E-state index contributed by atoms with van der Waals surface area (Å²) >= 11 is 6.30. The van der Waals surface area contributed by atoms with Crippen LogP contribution in [0.5, 0.6) is 0 Å². The third kappa shape index (κ3) is 2.37. The van der Waals surface area contributed by atoms with E-state index in [-0.39, 0.29) is 5.41 Å². The number of hydrogen-bond donors (Lipinski definition) is 1. The zero-order valence-corrected chi connectivity index (χ0v) is 14.0. The molecule has 0 aliphatic rings. The second kappa shape index (κ2) is 5.17. The SMILES string of the molecule is CC(C)(C)c1nc(-c2noc(-c3c(Cl)ccc4cn[nH]c34)n2)co1. The first-order valence-electron chi connectivity index (χ1n) is 7.35. The Balaban J connectivity index is 1.79. The Labute approximate surface area is 142 Å². The normalized spacial score (nSPS) is 12.2. The van der Waals surface area contributed by atoms with Gasteiger partial charge in [0.25, 0.3) is 5.89 Å². The lowest BCUT2D eigenvalue weighted by molar-refractivity contribution is 0.392. The number of rotatable bonds is 2. The first-order chi connectivity index (χ1) is 11.4. The van der Waals surface area contributed by atoms with Gasteiger partial charge in [-0.15, -0.1) is 0 Å². The van der Waals surface area contributed by atoms with Crippen molar-refractivity contribution in [2.24, 2.45) is 0 Å². The van der Waals surface area contributed by atoms with Crippen molar-refractivity contribution in [3.05, 3.63) is 35.5 Å². The van der Waals surface area contributed by atoms with Gasteiger partial charge < -0.3 is 8.94 Å². The third-order valence-corrected chi connectivity index (χ3v) is 3.90. The van der Waals surface area contributed by atoms with Crippen LogP contribution in [0.4, 0.5) is 0 Å². The number of halogens is 1. The maximum atomic E-state index is 6.30. The molecule has 1 aromatic carbocycles. The molecule has 0 amide bonds. The van der Waals surface area contributed by atoms with Crippen molar-refractivity contribution in [2.45, 2.75) is 26.2 Å². The Hall–Kier alpha value is -2.67. The van der Waals surface area contributed by atoms with E-state index in [1.807, 2.05) is 26.8 Å². The van der Waals surface area contributed by atoms with E-state index in [9.17, 15) is 0 Å². The number of aromatic nitrogens is 5. The van der Waals surface area contributed by atoms with Crippen LogP contribution >= 0.6 is 11.6 Å². The van der Waals surface area contributed by atoms with Gasteiger partial charge in [-0.2, -0.15) is 10.1 Å². The molecule has 7 nitrogen and oxygen atoms in total. The molecule has 3 aromatic heterocycles. The van der Waals surface area contributed by atoms with Gasteiger partial charge in [0.05, 0.1) is 22.3 Å². The minimum Gasteiger partial charge on any atom is -0.448 e. The number of aromatic amines is 1. The molecule has 0 saturated carbocycles. The summed E-state index contributed by atoms with van der Waals surface area (Å²) in [6, 6.07) is 3.64. The standard InChI is InChI=1S/C16H14ClN5O2/c1-16(2,3)15-19-10(7-23-15)13-20-14(24-22-13)11-9(17)5-4-8-6-18-21-12(8)11/h4-7H,1-3H3,(H,18,21). The Morgan fingerprint density at radius 2 is 2.00 bits per heavy atom. The number of H-pyrrole nitrogens is 1. The molecule has 0 spiro atoms. The highest BCUT2D eigenvalue weighted by atomic mass is 35.5. The van der Waals surface area contributed by atoms with Crippen LogP contribution in [0.15, 0.2) is 33.5 Å². The van der Waals surface area contributed by atoms with Gasteiger partial charge in [-0.1, -0.05) is 37.5 Å². The summed E-state index contributed by atoms with van der Waals surface area (Å²) in [5.74, 6) is 1.25. The predicted molar refractivity (Wildman–Crippen MR) is 88.6 cm³/mol. The van der Waals surface area contributed by atoms with Crippen LogP contribution in [0.25, 0.3) is 33.9 Å². The quantitative estimate of drug-likeness (QED) is 0.585. The largest absolute Gasteiger partial charge is 0.448 e. The summed E-state index contributed by atoms with van der Waals surface area (Å²) in [4.78, 5) is 8.83. The van der Waals surface area contributed by atoms with Crippen LogP contribution in [-0.2, 0) is 5.41 Å². The van der Waals surface area contributed by atoms with Crippen molar-refractivity contribution in [1.29, 1.82) is 0 Å². The minimum atomic E-state index is -0.199. The van der Waals surface area contributed by atoms with Gasteiger partial charge >= 0.3 is 0 Å². The van der Waals surface area contributed by atoms with Gasteiger partial charge in [-0.25, -0.2) is 4.98 Å². The monoisotopic (exact) mass is 343 g/mol. The lowest BCUT2D eigenvalue weighted by atomic mass is 9.97. The number of nitrogens with one attached hydrogen (secondary N) is 1. The summed E-state index contributed by atoms with van der Waals surface area (Å²) in [5, 5.41) is 12.3. The first-order valence-corrected chi connectivity index (χ1v) is 7.73. The molecular formula is C16H14ClN5O2. The van der Waals surface area contributed by atoms with Crippen LogP contribution in [0.3, 0.4) is 0 Å². The molecule has 4 aromatic rings. The van der Waals surface area contributed by atoms with E-state index in [0.717, 1.165) is 10.9 Å². The van der Waals surface area contributed by atoms with Crippen molar-refractivity contribution >= 4 is 22.5 Å². The Kier molecular flexibility index (Phi) is 3.21. The third-order valence-electron chi connectivity index (χ3n) is 3.58. The second-order valence-corrected chi connectivity index (χ2v) is 6.87. The topological polar surface area (TPSA) is 93.6 Å². The summed E-state index contributed by atoms with van der Waals surface area (Å²) in [6.45, 7) is 6.05. The van der Waals surface area contributed by atoms with E-state index >= 15 is 0 Å². The van der Waals surface area contributed by atoms with Gasteiger partial charge in [-0.3, -0.25) is 5.10 Å². The van der Waals surface area contributed by atoms with Crippen molar-refractivity contribution in [3.63, 3.8) is 0 Å². The zero-order valence-electron chi connectivity index (χ0n) is 13.3. The molecule has 0 saturated heterocycles. The van der Waals surface area contributed by atoms with E-state index in [1.54, 1.807) is 12.3 Å². The Morgan fingerprint density at radius 1 is 1.17 bits per heavy atom. The first kappa shape index (κ1) is 14.9. The van der Waals surface area contributed by atoms with E-state index < -0.39 is 0 Å². The minimum absolute atomic E-state index is 0.199. The van der Waals surface area contributed by atoms with E-state index in [4.69, 9.17) is 20.5 Å². The predicted octanol–water partition coefficient (Wildman–Crippen LogP) is 4.22. The summed E-state index contributed by atoms with van der Waals surface area (Å²) in [6.07, 6.45) is 3.23. The van der Waals surface area contributed by atoms with E-state index in [0.29, 0.717) is 33.9 Å². The maximum absolute atomic E-state index is 6.30. The highest BCUT2D eigenvalue weighted by molar-refractivity contribution is 6.34. The fourth-order valence-electron chi connectivity index (χ4n) is 2.35. The Morgan fingerprint density at radius 3 is 2.75 bits per heavy atom. The molecule has 0 atom stereocenters. The molecule has 8 heteroatoms. The van der Waals surface area contributed by atoms with Gasteiger partial charge in [0.2, 0.25) is 5.82 Å². The number of fused-ring (bicyclic) bond motifs is 1. The van der Waals surface area contributed by atoms with Crippen LogP contribution in [-0.4, -0.2) is 25.3 Å². The molecule has 122 valence electrons. The van der Waals surface area contributed by atoms with Gasteiger partial charge in [-0.05, 0) is 12.1 Å². The van der Waals surface area contributed by atoms with Crippen LogP contribution in [0.1, 0.15) is 26.7 Å². The zero-order chi connectivity index (χ0) is 16.9. The second-order valence-electron chi connectivity index (χ2n) is 6.47. The van der Waals surface area contributed by atoms with E-state index in [1.165, 1.54) is 6.26 Å². The van der Waals surface area contributed by atoms with Gasteiger partial charge in [0.1, 0.15) is 6.26 Å². The summed E-state index contributed by atoms with van der Waals surface area (Å²) < 4.78 is 10.9. The number of benzene rings is 1. The molecular weight excluding hydrogens is 330 g/mol. The average Bonchev–Trinajstić information content (AvgIpc) is 3.25. The van der Waals surface area contributed by atoms with Crippen molar-refractivity contribution < 1.29 is 8.94 Å². The van der Waals surface area contributed by atoms with Crippen molar-refractivity contribution in [3.8, 4) is 23.0 Å². The summed E-state index contributed by atoms with van der Waals surface area (Å²) in [7, 11) is 0. The van der Waals surface area contributed by atoms with Crippen molar-refractivity contribution in [2.75, 3.05) is 0 Å². The fourth-order valence-corrected chi connectivity index (χ4v) is 2.59. The molecule has 0 aliphatic heterocycles. The maximum Gasteiger partial charge on any atom is 0.262 e. The highest BCUT2D eigenvalue weighted by Gasteiger charge is 2.23. The molecule has 0 unspecified atom stereocenters. The molecule has 4 rings (SSSR count). The smallest absolute Gasteiger partial charge is 0.262 e.